The Labute approximate surface area is 280 Å². The van der Waals surface area contributed by atoms with Crippen LogP contribution in [0.3, 0.4) is 0 Å². The number of nitrogens with zero attached hydrogens (tertiary/aromatic N) is 2. The fourth-order valence-corrected chi connectivity index (χ4v) is 12.7. The second-order valence-corrected chi connectivity index (χ2v) is 16.6. The van der Waals surface area contributed by atoms with E-state index in [1.165, 1.54) is 0 Å². The minimum absolute atomic E-state index is 0.101. The second kappa shape index (κ2) is 14.1. The lowest BCUT2D eigenvalue weighted by Gasteiger charge is -2.40. The maximum Gasteiger partial charge on any atom is 0.405 e. The number of nitriles is 1. The van der Waals surface area contributed by atoms with E-state index in [0.717, 1.165) is 44.0 Å². The number of carboxylic acid groups (broad SMARTS) is 1. The van der Waals surface area contributed by atoms with Crippen molar-refractivity contribution in [3.8, 4) is 6.07 Å². The molecule has 6 nitrogen and oxygen atoms in total. The lowest BCUT2D eigenvalue weighted by atomic mass is 9.74. The highest BCUT2D eigenvalue weighted by molar-refractivity contribution is 7.97. The molecule has 1 fully saturated rings. The van der Waals surface area contributed by atoms with Crippen molar-refractivity contribution in [2.45, 2.75) is 56.9 Å². The third-order valence-electron chi connectivity index (χ3n) is 9.54. The summed E-state index contributed by atoms with van der Waals surface area (Å²) in [6.45, 7) is -1.02. The molecule has 3 atom stereocenters. The number of para-hydroxylation sites is 1. The number of nitrogens with one attached hydrogen (secondary N) is 1. The van der Waals surface area contributed by atoms with Gasteiger partial charge in [-0.25, -0.2) is 9.78 Å². The molecule has 0 radical (unpaired) electrons. The number of thiazole rings is 1. The molecule has 1 saturated carbocycles. The third kappa shape index (κ3) is 6.04. The molecule has 1 aliphatic carbocycles. The molecule has 1 aromatic heterocycles. The summed E-state index contributed by atoms with van der Waals surface area (Å²) in [7, 11) is 0. The first-order valence-corrected chi connectivity index (χ1v) is 18.8. The molecule has 1 amide bonds. The van der Waals surface area contributed by atoms with Crippen LogP contribution < -0.4 is 21.2 Å². The molecule has 5 aromatic rings. The van der Waals surface area contributed by atoms with Crippen molar-refractivity contribution < 1.29 is 14.7 Å². The molecule has 0 aliphatic heterocycles. The summed E-state index contributed by atoms with van der Waals surface area (Å²) in [6, 6.07) is 39.9. The van der Waals surface area contributed by atoms with Gasteiger partial charge >= 0.3 is 6.09 Å². The van der Waals surface area contributed by atoms with Gasteiger partial charge in [0.25, 0.3) is 0 Å². The number of amides is 1. The number of fused-ring (bicyclic) bond motifs is 1. The first-order valence-electron chi connectivity index (χ1n) is 16.2. The minimum Gasteiger partial charge on any atom is -0.465 e. The smallest absolute Gasteiger partial charge is 0.405 e. The quantitative estimate of drug-likeness (QED) is 0.142. The Balaban J connectivity index is 1.60. The van der Waals surface area contributed by atoms with Crippen LogP contribution in [0, 0.1) is 17.2 Å². The highest BCUT2D eigenvalue weighted by atomic mass is 32.1. The fraction of sp³-hybridized carbons (Fsp3) is 0.256. The Morgan fingerprint density at radius 2 is 1.45 bits per heavy atom. The van der Waals surface area contributed by atoms with Crippen molar-refractivity contribution in [2.24, 2.45) is 5.92 Å². The lowest BCUT2D eigenvalue weighted by Crippen LogP contribution is -2.61. The summed E-state index contributed by atoms with van der Waals surface area (Å²) in [5.74, 6) is -0.609. The van der Waals surface area contributed by atoms with Gasteiger partial charge in [0.1, 0.15) is 16.9 Å². The third-order valence-corrected chi connectivity index (χ3v) is 14.9. The standard InChI is InChI=1S/C39H38N3O3PS/c1-2-3-25-39(42-38(44)45,29-24-23-28(26-29)37-41-33-21-13-14-22-35(33)47-37)36(43)34(27-40)46(30-15-7-4-8-16-30,31-17-9-5-10-18-31)32-19-11-6-12-20-32/h4-22,28-29,42H,2-3,23-26H2,1H3,(H,44,45)/t28?,29?,39-/m1/s1. The van der Waals surface area contributed by atoms with Crippen LogP contribution in [0.25, 0.3) is 10.2 Å². The van der Waals surface area contributed by atoms with E-state index in [2.05, 4.69) is 17.5 Å². The Kier molecular flexibility index (Phi) is 9.73. The van der Waals surface area contributed by atoms with E-state index >= 15 is 4.79 Å². The number of ketones is 1. The summed E-state index contributed by atoms with van der Waals surface area (Å²) < 4.78 is 1.12. The minimum atomic E-state index is -3.06. The molecule has 0 saturated heterocycles. The number of aromatic nitrogens is 1. The molecule has 1 aliphatic rings. The van der Waals surface area contributed by atoms with Crippen LogP contribution in [0.15, 0.2) is 115 Å². The molecule has 4 aromatic carbocycles. The van der Waals surface area contributed by atoms with E-state index in [9.17, 15) is 15.2 Å². The van der Waals surface area contributed by atoms with Crippen LogP contribution in [0.5, 0.6) is 0 Å². The molecule has 2 N–H and O–H groups in total. The predicted octanol–water partition coefficient (Wildman–Crippen LogP) is 7.64. The van der Waals surface area contributed by atoms with Crippen LogP contribution >= 0.6 is 18.2 Å². The molecule has 6 rings (SSSR count). The topological polar surface area (TPSA) is 103 Å². The first kappa shape index (κ1) is 32.4. The number of benzene rings is 4. The van der Waals surface area contributed by atoms with Crippen LogP contribution in [0.2, 0.25) is 0 Å². The molecule has 2 unspecified atom stereocenters. The summed E-state index contributed by atoms with van der Waals surface area (Å²) in [5.41, 5.74) is -0.515. The van der Waals surface area contributed by atoms with Crippen molar-refractivity contribution in [1.82, 2.24) is 10.3 Å². The fourth-order valence-electron chi connectivity index (χ4n) is 7.37. The maximum absolute atomic E-state index is 15.6. The van der Waals surface area contributed by atoms with Gasteiger partial charge in [-0.05, 0) is 66.5 Å². The van der Waals surface area contributed by atoms with Gasteiger partial charge in [-0.15, -0.1) is 11.3 Å². The Morgan fingerprint density at radius 1 is 0.894 bits per heavy atom. The number of hydrogen-bond donors (Lipinski definition) is 2. The van der Waals surface area contributed by atoms with Crippen molar-refractivity contribution in [1.29, 1.82) is 5.26 Å². The molecule has 1 heterocycles. The number of rotatable bonds is 11. The number of carbonyl (C=O) groups is 2. The van der Waals surface area contributed by atoms with Crippen molar-refractivity contribution in [3.63, 3.8) is 0 Å². The SMILES string of the molecule is CCCC[C@](NC(=O)O)(C(=O)C(C#N)=P(c1ccccc1)(c1ccccc1)c1ccccc1)C1CCC(c2nc3ccccc3s2)C1. The van der Waals surface area contributed by atoms with E-state index < -0.39 is 24.3 Å². The zero-order valence-corrected chi connectivity index (χ0v) is 28.1. The van der Waals surface area contributed by atoms with Crippen LogP contribution in [0.4, 0.5) is 4.79 Å². The number of carbonyl (C=O) groups excluding carboxylic acids is 1. The normalized spacial score (nSPS) is 17.4. The van der Waals surface area contributed by atoms with Crippen LogP contribution in [0.1, 0.15) is 56.4 Å². The predicted molar refractivity (Wildman–Crippen MR) is 194 cm³/mol. The highest BCUT2D eigenvalue weighted by Crippen LogP contribution is 2.50. The summed E-state index contributed by atoms with van der Waals surface area (Å²) in [5, 5.41) is 28.2. The molecule has 0 spiro atoms. The van der Waals surface area contributed by atoms with E-state index in [1.807, 2.05) is 116 Å². The summed E-state index contributed by atoms with van der Waals surface area (Å²) in [4.78, 5) is 33.3. The van der Waals surface area contributed by atoms with Crippen LogP contribution in [-0.2, 0) is 4.79 Å². The van der Waals surface area contributed by atoms with E-state index in [-0.39, 0.29) is 17.1 Å². The van der Waals surface area contributed by atoms with Gasteiger partial charge in [-0.2, -0.15) is 5.26 Å². The van der Waals surface area contributed by atoms with Gasteiger partial charge in [-0.3, -0.25) is 4.79 Å². The van der Waals surface area contributed by atoms with Crippen LogP contribution in [-0.4, -0.2) is 32.8 Å². The molecule has 47 heavy (non-hydrogen) atoms. The molecule has 0 bridgehead atoms. The average molecular weight is 660 g/mol. The van der Waals surface area contributed by atoms with Crippen molar-refractivity contribution in [2.75, 3.05) is 0 Å². The van der Waals surface area contributed by atoms with Gasteiger partial charge in [0.2, 0.25) is 0 Å². The van der Waals surface area contributed by atoms with E-state index in [1.54, 1.807) is 11.3 Å². The highest BCUT2D eigenvalue weighted by Gasteiger charge is 2.52. The van der Waals surface area contributed by atoms with E-state index in [4.69, 9.17) is 4.98 Å². The Hall–Kier alpha value is -4.50. The molecular formula is C39H38N3O3PS. The zero-order valence-electron chi connectivity index (χ0n) is 26.4. The van der Waals surface area contributed by atoms with Gasteiger partial charge in [0.15, 0.2) is 5.78 Å². The van der Waals surface area contributed by atoms with Crippen molar-refractivity contribution in [3.05, 3.63) is 120 Å². The average Bonchev–Trinajstić information content (AvgIpc) is 3.78. The maximum atomic E-state index is 15.6. The Morgan fingerprint density at radius 3 is 1.96 bits per heavy atom. The number of Topliss-reactive ketones (excluding diaryl/α,β-unsaturated/α-hetero) is 1. The Bertz CT molecular complexity index is 1830. The second-order valence-electron chi connectivity index (χ2n) is 12.2. The first-order chi connectivity index (χ1) is 22.9. The zero-order chi connectivity index (χ0) is 32.9. The summed E-state index contributed by atoms with van der Waals surface area (Å²) in [6.07, 6.45) is 2.55. The molecular weight excluding hydrogens is 621 g/mol. The lowest BCUT2D eigenvalue weighted by molar-refractivity contribution is -0.121. The number of unbranched alkanes of at least 4 members (excludes halogenated alkanes) is 1. The van der Waals surface area contributed by atoms with Gasteiger partial charge < -0.3 is 10.4 Å². The monoisotopic (exact) mass is 659 g/mol. The number of hydrogen-bond acceptors (Lipinski definition) is 5. The largest absolute Gasteiger partial charge is 0.465 e. The molecule has 238 valence electrons. The van der Waals surface area contributed by atoms with Gasteiger partial charge in [0, 0.05) is 5.92 Å². The molecule has 8 heteroatoms. The van der Waals surface area contributed by atoms with Gasteiger partial charge in [-0.1, -0.05) is 123 Å². The summed E-state index contributed by atoms with van der Waals surface area (Å²) >= 11 is 1.67. The van der Waals surface area contributed by atoms with Gasteiger partial charge in [0.05, 0.1) is 15.2 Å². The van der Waals surface area contributed by atoms with E-state index in [0.29, 0.717) is 25.7 Å². The van der Waals surface area contributed by atoms with Crippen molar-refractivity contribution >= 4 is 61.5 Å².